The Morgan fingerprint density at radius 1 is 1.36 bits per heavy atom. The molecule has 1 atom stereocenters. The molecule has 1 aromatic carbocycles. The monoisotopic (exact) mass is 296 g/mol. The standard InChI is InChI=1S/C18H20N2O2/c1-13(15-7-4-3-5-8-15)11-18(21)20-10-6-9-17(20)16-12-14(2)22-19-16/h3-5,7-8,11-12,17H,6,9-10H2,1-2H3. The molecule has 114 valence electrons. The maximum atomic E-state index is 12.6. The second-order valence-electron chi connectivity index (χ2n) is 5.75. The van der Waals surface area contributed by atoms with Gasteiger partial charge in [-0.25, -0.2) is 0 Å². The van der Waals surface area contributed by atoms with Crippen LogP contribution in [0.15, 0.2) is 47.0 Å². The summed E-state index contributed by atoms with van der Waals surface area (Å²) in [6.45, 7) is 4.61. The van der Waals surface area contributed by atoms with E-state index in [1.54, 1.807) is 6.08 Å². The van der Waals surface area contributed by atoms with Gasteiger partial charge in [0.05, 0.1) is 6.04 Å². The molecule has 1 aromatic heterocycles. The number of benzene rings is 1. The number of carbonyl (C=O) groups excluding carboxylic acids is 1. The van der Waals surface area contributed by atoms with E-state index in [2.05, 4.69) is 5.16 Å². The quantitative estimate of drug-likeness (QED) is 0.810. The molecule has 2 heterocycles. The van der Waals surface area contributed by atoms with Crippen molar-refractivity contribution < 1.29 is 9.32 Å². The van der Waals surface area contributed by atoms with E-state index in [4.69, 9.17) is 4.52 Å². The van der Waals surface area contributed by atoms with Crippen molar-refractivity contribution in [2.75, 3.05) is 6.54 Å². The Kier molecular flexibility index (Phi) is 4.09. The third kappa shape index (κ3) is 2.96. The van der Waals surface area contributed by atoms with Crippen molar-refractivity contribution in [3.63, 3.8) is 0 Å². The highest BCUT2D eigenvalue weighted by molar-refractivity contribution is 5.95. The molecule has 4 heteroatoms. The molecular formula is C18H20N2O2. The second kappa shape index (κ2) is 6.18. The highest BCUT2D eigenvalue weighted by Gasteiger charge is 2.31. The lowest BCUT2D eigenvalue weighted by Gasteiger charge is -2.21. The van der Waals surface area contributed by atoms with E-state index in [0.29, 0.717) is 0 Å². The first-order valence-electron chi connectivity index (χ1n) is 7.62. The molecular weight excluding hydrogens is 276 g/mol. The molecule has 1 aliphatic heterocycles. The van der Waals surface area contributed by atoms with Gasteiger partial charge in [0.2, 0.25) is 5.91 Å². The van der Waals surface area contributed by atoms with Crippen molar-refractivity contribution in [2.24, 2.45) is 0 Å². The number of likely N-dealkylation sites (tertiary alicyclic amines) is 1. The van der Waals surface area contributed by atoms with Gasteiger partial charge in [-0.05, 0) is 37.8 Å². The van der Waals surface area contributed by atoms with Crippen LogP contribution in [0.4, 0.5) is 0 Å². The summed E-state index contributed by atoms with van der Waals surface area (Å²) in [5.74, 6) is 0.829. The van der Waals surface area contributed by atoms with E-state index in [-0.39, 0.29) is 11.9 Å². The third-order valence-electron chi connectivity index (χ3n) is 4.09. The number of hydrogen-bond donors (Lipinski definition) is 0. The highest BCUT2D eigenvalue weighted by Crippen LogP contribution is 2.32. The van der Waals surface area contributed by atoms with E-state index in [0.717, 1.165) is 42.0 Å². The summed E-state index contributed by atoms with van der Waals surface area (Å²) in [5, 5.41) is 4.08. The molecule has 22 heavy (non-hydrogen) atoms. The minimum atomic E-state index is 0.0322. The zero-order valence-corrected chi connectivity index (χ0v) is 13.0. The first-order valence-corrected chi connectivity index (χ1v) is 7.62. The van der Waals surface area contributed by atoms with Gasteiger partial charge in [-0.1, -0.05) is 35.5 Å². The first kappa shape index (κ1) is 14.6. The number of hydrogen-bond acceptors (Lipinski definition) is 3. The van der Waals surface area contributed by atoms with Crippen LogP contribution in [0.2, 0.25) is 0 Å². The molecule has 1 saturated heterocycles. The van der Waals surface area contributed by atoms with Gasteiger partial charge in [0, 0.05) is 18.7 Å². The van der Waals surface area contributed by atoms with E-state index in [1.807, 2.05) is 55.1 Å². The van der Waals surface area contributed by atoms with Gasteiger partial charge in [0.15, 0.2) is 0 Å². The van der Waals surface area contributed by atoms with Gasteiger partial charge < -0.3 is 9.42 Å². The Hall–Kier alpha value is -2.36. The average Bonchev–Trinajstić information content (AvgIpc) is 3.16. The van der Waals surface area contributed by atoms with Crippen LogP contribution in [0, 0.1) is 6.92 Å². The zero-order valence-electron chi connectivity index (χ0n) is 13.0. The Bertz CT molecular complexity index is 688. The smallest absolute Gasteiger partial charge is 0.247 e. The summed E-state index contributed by atoms with van der Waals surface area (Å²) in [6.07, 6.45) is 3.66. The number of rotatable bonds is 3. The Morgan fingerprint density at radius 3 is 2.82 bits per heavy atom. The van der Waals surface area contributed by atoms with Gasteiger partial charge in [-0.2, -0.15) is 0 Å². The number of aromatic nitrogens is 1. The van der Waals surface area contributed by atoms with Crippen molar-refractivity contribution in [1.82, 2.24) is 10.1 Å². The molecule has 1 unspecified atom stereocenters. The van der Waals surface area contributed by atoms with E-state index in [1.165, 1.54) is 0 Å². The third-order valence-corrected chi connectivity index (χ3v) is 4.09. The summed E-state index contributed by atoms with van der Waals surface area (Å²) >= 11 is 0. The predicted molar refractivity (Wildman–Crippen MR) is 85.0 cm³/mol. The fourth-order valence-electron chi connectivity index (χ4n) is 2.93. The topological polar surface area (TPSA) is 46.3 Å². The van der Waals surface area contributed by atoms with Crippen LogP contribution in [0.1, 0.15) is 42.8 Å². The molecule has 0 radical (unpaired) electrons. The minimum Gasteiger partial charge on any atom is -0.361 e. The van der Waals surface area contributed by atoms with Gasteiger partial charge >= 0.3 is 0 Å². The molecule has 3 rings (SSSR count). The van der Waals surface area contributed by atoms with Gasteiger partial charge in [0.25, 0.3) is 0 Å². The summed E-state index contributed by atoms with van der Waals surface area (Å²) in [5.41, 5.74) is 2.91. The Labute approximate surface area is 130 Å². The van der Waals surface area contributed by atoms with Crippen LogP contribution in [0.3, 0.4) is 0 Å². The Balaban J connectivity index is 1.79. The summed E-state index contributed by atoms with van der Waals surface area (Å²) in [6, 6.07) is 11.9. The molecule has 0 bridgehead atoms. The number of carbonyl (C=O) groups is 1. The maximum Gasteiger partial charge on any atom is 0.247 e. The lowest BCUT2D eigenvalue weighted by Crippen LogP contribution is -2.29. The normalized spacial score (nSPS) is 18.7. The molecule has 2 aromatic rings. The zero-order chi connectivity index (χ0) is 15.5. The van der Waals surface area contributed by atoms with Crippen LogP contribution >= 0.6 is 0 Å². The molecule has 4 nitrogen and oxygen atoms in total. The van der Waals surface area contributed by atoms with Crippen LogP contribution in [0.25, 0.3) is 5.57 Å². The average molecular weight is 296 g/mol. The van der Waals surface area contributed by atoms with Crippen molar-refractivity contribution in [3.8, 4) is 0 Å². The maximum absolute atomic E-state index is 12.6. The molecule has 0 spiro atoms. The number of nitrogens with zero attached hydrogens (tertiary/aromatic N) is 2. The summed E-state index contributed by atoms with van der Waals surface area (Å²) in [7, 11) is 0. The molecule has 1 fully saturated rings. The molecule has 1 amide bonds. The number of allylic oxidation sites excluding steroid dienone is 1. The molecule has 1 aliphatic rings. The van der Waals surface area contributed by atoms with E-state index in [9.17, 15) is 4.79 Å². The summed E-state index contributed by atoms with van der Waals surface area (Å²) < 4.78 is 5.15. The minimum absolute atomic E-state index is 0.0322. The van der Waals surface area contributed by atoms with Crippen LogP contribution < -0.4 is 0 Å². The van der Waals surface area contributed by atoms with E-state index < -0.39 is 0 Å². The lowest BCUT2D eigenvalue weighted by molar-refractivity contribution is -0.126. The Morgan fingerprint density at radius 2 is 2.14 bits per heavy atom. The first-order chi connectivity index (χ1) is 10.6. The van der Waals surface area contributed by atoms with Crippen LogP contribution in [-0.2, 0) is 4.79 Å². The lowest BCUT2D eigenvalue weighted by atomic mass is 10.1. The van der Waals surface area contributed by atoms with Crippen LogP contribution in [0.5, 0.6) is 0 Å². The predicted octanol–water partition coefficient (Wildman–Crippen LogP) is 3.75. The summed E-state index contributed by atoms with van der Waals surface area (Å²) in [4.78, 5) is 14.5. The van der Waals surface area contributed by atoms with Gasteiger partial charge in [-0.3, -0.25) is 4.79 Å². The largest absolute Gasteiger partial charge is 0.361 e. The van der Waals surface area contributed by atoms with Crippen molar-refractivity contribution >= 4 is 11.5 Å². The highest BCUT2D eigenvalue weighted by atomic mass is 16.5. The van der Waals surface area contributed by atoms with Crippen molar-refractivity contribution in [2.45, 2.75) is 32.7 Å². The van der Waals surface area contributed by atoms with E-state index >= 15 is 0 Å². The van der Waals surface area contributed by atoms with Crippen LogP contribution in [-0.4, -0.2) is 22.5 Å². The number of aryl methyl sites for hydroxylation is 1. The SMILES string of the molecule is CC(=CC(=O)N1CCCC1c1cc(C)on1)c1ccccc1. The molecule has 0 saturated carbocycles. The fraction of sp³-hybridized carbons (Fsp3) is 0.333. The fourth-order valence-corrected chi connectivity index (χ4v) is 2.93. The van der Waals surface area contributed by atoms with Crippen molar-refractivity contribution in [1.29, 1.82) is 0 Å². The number of amides is 1. The van der Waals surface area contributed by atoms with Crippen molar-refractivity contribution in [3.05, 3.63) is 59.5 Å². The van der Waals surface area contributed by atoms with Gasteiger partial charge in [-0.15, -0.1) is 0 Å². The second-order valence-corrected chi connectivity index (χ2v) is 5.75. The molecule has 0 aliphatic carbocycles. The van der Waals surface area contributed by atoms with Gasteiger partial charge in [0.1, 0.15) is 11.5 Å². The molecule has 0 N–H and O–H groups in total.